The molecule has 1 aliphatic rings. The van der Waals surface area contributed by atoms with Crippen LogP contribution in [0.1, 0.15) is 28.1 Å². The van der Waals surface area contributed by atoms with E-state index in [0.29, 0.717) is 5.88 Å². The maximum atomic E-state index is 12.4. The van der Waals surface area contributed by atoms with Gasteiger partial charge >= 0.3 is 0 Å². The number of likely N-dealkylation sites (tertiary alicyclic amines) is 1. The first-order valence-electron chi connectivity index (χ1n) is 6.99. The molecular weight excluding hydrogens is 286 g/mol. The lowest BCUT2D eigenvalue weighted by atomic mass is 10.1. The third kappa shape index (κ3) is 3.39. The fourth-order valence-corrected chi connectivity index (χ4v) is 3.26. The highest BCUT2D eigenvalue weighted by Crippen LogP contribution is 2.21. The van der Waals surface area contributed by atoms with Gasteiger partial charge in [-0.05, 0) is 23.9 Å². The molecule has 110 valence electrons. The predicted molar refractivity (Wildman–Crippen MR) is 80.6 cm³/mol. The van der Waals surface area contributed by atoms with Crippen LogP contribution in [0.4, 0.5) is 0 Å². The van der Waals surface area contributed by atoms with E-state index in [0.717, 1.165) is 36.4 Å². The van der Waals surface area contributed by atoms with Crippen molar-refractivity contribution >= 4 is 17.2 Å². The molecule has 2 aromatic rings. The van der Waals surface area contributed by atoms with Crippen molar-refractivity contribution in [3.05, 3.63) is 40.5 Å². The summed E-state index contributed by atoms with van der Waals surface area (Å²) in [6, 6.07) is 3.71. The number of hydrogen-bond acceptors (Lipinski definition) is 5. The lowest BCUT2D eigenvalue weighted by molar-refractivity contribution is 0.0592. The maximum absolute atomic E-state index is 12.4. The minimum Gasteiger partial charge on any atom is -0.474 e. The van der Waals surface area contributed by atoms with E-state index in [2.05, 4.69) is 9.97 Å². The molecule has 0 radical (unpaired) electrons. The molecule has 21 heavy (non-hydrogen) atoms. The van der Waals surface area contributed by atoms with Crippen molar-refractivity contribution < 1.29 is 9.53 Å². The summed E-state index contributed by atoms with van der Waals surface area (Å²) in [7, 11) is 0. The van der Waals surface area contributed by atoms with Crippen molar-refractivity contribution in [2.75, 3.05) is 13.1 Å². The Kier molecular flexibility index (Phi) is 4.15. The third-order valence-corrected chi connectivity index (χ3v) is 4.55. The van der Waals surface area contributed by atoms with Crippen LogP contribution < -0.4 is 4.74 Å². The van der Waals surface area contributed by atoms with E-state index < -0.39 is 0 Å². The molecule has 5 nitrogen and oxygen atoms in total. The number of aromatic nitrogens is 2. The number of amides is 1. The molecule has 0 N–H and O–H groups in total. The SMILES string of the molecule is Cc1csc(C(=O)N2CCC(Oc3ccncn3)CC2)c1. The quantitative estimate of drug-likeness (QED) is 0.874. The van der Waals surface area contributed by atoms with E-state index in [-0.39, 0.29) is 12.0 Å². The summed E-state index contributed by atoms with van der Waals surface area (Å²) in [4.78, 5) is 23.0. The predicted octanol–water partition coefficient (Wildman–Crippen LogP) is 2.53. The average Bonchev–Trinajstić information content (AvgIpc) is 2.95. The van der Waals surface area contributed by atoms with Crippen LogP contribution in [0.5, 0.6) is 5.88 Å². The van der Waals surface area contributed by atoms with Crippen LogP contribution in [0.2, 0.25) is 0 Å². The van der Waals surface area contributed by atoms with E-state index in [1.807, 2.05) is 23.3 Å². The lowest BCUT2D eigenvalue weighted by Gasteiger charge is -2.31. The Labute approximate surface area is 127 Å². The number of carbonyl (C=O) groups is 1. The van der Waals surface area contributed by atoms with Crippen LogP contribution in [-0.2, 0) is 0 Å². The number of hydrogen-bond donors (Lipinski definition) is 0. The number of rotatable bonds is 3. The van der Waals surface area contributed by atoms with Gasteiger partial charge in [-0.25, -0.2) is 9.97 Å². The molecule has 1 saturated heterocycles. The fourth-order valence-electron chi connectivity index (χ4n) is 2.40. The number of piperidine rings is 1. The Bertz CT molecular complexity index is 606. The zero-order valence-electron chi connectivity index (χ0n) is 11.9. The summed E-state index contributed by atoms with van der Waals surface area (Å²) in [6.07, 6.45) is 4.93. The van der Waals surface area contributed by atoms with Gasteiger partial charge in [-0.15, -0.1) is 11.3 Å². The van der Waals surface area contributed by atoms with Crippen molar-refractivity contribution in [3.63, 3.8) is 0 Å². The maximum Gasteiger partial charge on any atom is 0.263 e. The number of ether oxygens (including phenoxy) is 1. The van der Waals surface area contributed by atoms with E-state index in [4.69, 9.17) is 4.74 Å². The Morgan fingerprint density at radius 3 is 2.86 bits per heavy atom. The molecule has 0 atom stereocenters. The summed E-state index contributed by atoms with van der Waals surface area (Å²) >= 11 is 1.52. The standard InChI is InChI=1S/C15H17N3O2S/c1-11-8-13(21-9-11)15(19)18-6-3-12(4-7-18)20-14-2-5-16-10-17-14/h2,5,8-10,12H,3-4,6-7H2,1H3. The summed E-state index contributed by atoms with van der Waals surface area (Å²) in [5.74, 6) is 0.734. The summed E-state index contributed by atoms with van der Waals surface area (Å²) in [5.41, 5.74) is 1.14. The Hall–Kier alpha value is -1.95. The Morgan fingerprint density at radius 1 is 1.43 bits per heavy atom. The van der Waals surface area contributed by atoms with Gasteiger partial charge < -0.3 is 9.64 Å². The van der Waals surface area contributed by atoms with Gasteiger partial charge in [0.05, 0.1) is 4.88 Å². The molecule has 1 amide bonds. The molecular formula is C15H17N3O2S. The number of aryl methyl sites for hydroxylation is 1. The summed E-state index contributed by atoms with van der Waals surface area (Å²) in [5, 5.41) is 2.01. The first-order valence-corrected chi connectivity index (χ1v) is 7.87. The van der Waals surface area contributed by atoms with Crippen molar-refractivity contribution in [1.29, 1.82) is 0 Å². The van der Waals surface area contributed by atoms with E-state index in [1.54, 1.807) is 12.3 Å². The Morgan fingerprint density at radius 2 is 2.24 bits per heavy atom. The molecule has 1 aliphatic heterocycles. The molecule has 1 fully saturated rings. The van der Waals surface area contributed by atoms with Crippen LogP contribution >= 0.6 is 11.3 Å². The summed E-state index contributed by atoms with van der Waals surface area (Å²) < 4.78 is 5.81. The van der Waals surface area contributed by atoms with Crippen molar-refractivity contribution in [2.45, 2.75) is 25.9 Å². The largest absolute Gasteiger partial charge is 0.474 e. The minimum absolute atomic E-state index is 0.119. The van der Waals surface area contributed by atoms with Crippen molar-refractivity contribution in [1.82, 2.24) is 14.9 Å². The van der Waals surface area contributed by atoms with Gasteiger partial charge in [0.2, 0.25) is 5.88 Å². The molecule has 0 spiro atoms. The normalized spacial score (nSPS) is 16.0. The van der Waals surface area contributed by atoms with Gasteiger partial charge in [0.1, 0.15) is 12.4 Å². The molecule has 0 bridgehead atoms. The van der Waals surface area contributed by atoms with Crippen LogP contribution in [0, 0.1) is 6.92 Å². The molecule has 0 unspecified atom stereocenters. The van der Waals surface area contributed by atoms with Crippen molar-refractivity contribution in [2.24, 2.45) is 0 Å². The van der Waals surface area contributed by atoms with Gasteiger partial charge in [0.25, 0.3) is 5.91 Å². The third-order valence-electron chi connectivity index (χ3n) is 3.51. The zero-order valence-corrected chi connectivity index (χ0v) is 12.7. The van der Waals surface area contributed by atoms with E-state index >= 15 is 0 Å². The molecule has 2 aromatic heterocycles. The number of thiophene rings is 1. The highest BCUT2D eigenvalue weighted by Gasteiger charge is 2.25. The second-order valence-electron chi connectivity index (χ2n) is 5.15. The van der Waals surface area contributed by atoms with Crippen LogP contribution in [0.15, 0.2) is 30.0 Å². The molecule has 6 heteroatoms. The number of nitrogens with zero attached hydrogens (tertiary/aromatic N) is 3. The van der Waals surface area contributed by atoms with Crippen molar-refractivity contribution in [3.8, 4) is 5.88 Å². The summed E-state index contributed by atoms with van der Waals surface area (Å²) in [6.45, 7) is 3.46. The molecule has 0 aromatic carbocycles. The second-order valence-corrected chi connectivity index (χ2v) is 6.06. The van der Waals surface area contributed by atoms with Gasteiger partial charge in [-0.2, -0.15) is 0 Å². The zero-order chi connectivity index (χ0) is 14.7. The molecule has 3 rings (SSSR count). The minimum atomic E-state index is 0.119. The highest BCUT2D eigenvalue weighted by molar-refractivity contribution is 7.12. The monoisotopic (exact) mass is 303 g/mol. The molecule has 0 aliphatic carbocycles. The highest BCUT2D eigenvalue weighted by atomic mass is 32.1. The van der Waals surface area contributed by atoms with Crippen LogP contribution in [-0.4, -0.2) is 40.0 Å². The number of carbonyl (C=O) groups excluding carboxylic acids is 1. The second kappa shape index (κ2) is 6.22. The average molecular weight is 303 g/mol. The van der Waals surface area contributed by atoms with Gasteiger partial charge in [-0.1, -0.05) is 0 Å². The molecule has 0 saturated carbocycles. The van der Waals surface area contributed by atoms with Gasteiger partial charge in [-0.3, -0.25) is 4.79 Å². The van der Waals surface area contributed by atoms with E-state index in [1.165, 1.54) is 17.7 Å². The lowest BCUT2D eigenvalue weighted by Crippen LogP contribution is -2.41. The first kappa shape index (κ1) is 14.0. The Balaban J connectivity index is 1.54. The fraction of sp³-hybridized carbons (Fsp3) is 0.400. The first-order chi connectivity index (χ1) is 10.2. The molecule has 3 heterocycles. The van der Waals surface area contributed by atoms with Crippen LogP contribution in [0.25, 0.3) is 0 Å². The van der Waals surface area contributed by atoms with Crippen LogP contribution in [0.3, 0.4) is 0 Å². The van der Waals surface area contributed by atoms with Gasteiger partial charge in [0, 0.05) is 38.2 Å². The van der Waals surface area contributed by atoms with E-state index in [9.17, 15) is 4.79 Å². The topological polar surface area (TPSA) is 55.3 Å². The smallest absolute Gasteiger partial charge is 0.263 e. The van der Waals surface area contributed by atoms with Gasteiger partial charge in [0.15, 0.2) is 0 Å².